The molecule has 2 heterocycles. The topological polar surface area (TPSA) is 72.0 Å². The lowest BCUT2D eigenvalue weighted by molar-refractivity contribution is 0.475. The first-order chi connectivity index (χ1) is 10.2. The Morgan fingerprint density at radius 1 is 0.952 bits per heavy atom. The van der Waals surface area contributed by atoms with E-state index >= 15 is 0 Å². The van der Waals surface area contributed by atoms with E-state index in [0.717, 1.165) is 31.4 Å². The van der Waals surface area contributed by atoms with Gasteiger partial charge in [-0.15, -0.1) is 11.3 Å². The van der Waals surface area contributed by atoms with Crippen molar-refractivity contribution < 1.29 is 5.11 Å². The third-order valence-corrected chi connectivity index (χ3v) is 4.65. The Morgan fingerprint density at radius 2 is 1.71 bits per heavy atom. The molecule has 0 fully saturated rings. The van der Waals surface area contributed by atoms with Gasteiger partial charge in [0, 0.05) is 10.1 Å². The summed E-state index contributed by atoms with van der Waals surface area (Å²) in [7, 11) is 0. The molecule has 21 heavy (non-hydrogen) atoms. The number of thiophene rings is 1. The van der Waals surface area contributed by atoms with Crippen molar-refractivity contribution in [2.45, 2.75) is 0 Å². The fraction of sp³-hybridized carbons (Fsp3) is 0. The Hall–Kier alpha value is -2.66. The lowest BCUT2D eigenvalue weighted by Gasteiger charge is -2.02. The molecule has 0 aliphatic heterocycles. The van der Waals surface area contributed by atoms with Gasteiger partial charge >= 0.3 is 0 Å². The van der Waals surface area contributed by atoms with Crippen LogP contribution in [0.2, 0.25) is 0 Å². The molecule has 0 saturated heterocycles. The average Bonchev–Trinajstić information content (AvgIpc) is 2.87. The fourth-order valence-electron chi connectivity index (χ4n) is 2.43. The van der Waals surface area contributed by atoms with E-state index in [1.54, 1.807) is 23.5 Å². The van der Waals surface area contributed by atoms with Crippen molar-refractivity contribution in [3.8, 4) is 16.9 Å². The Labute approximate surface area is 124 Å². The maximum absolute atomic E-state index is 9.37. The van der Waals surface area contributed by atoms with E-state index in [1.807, 2.05) is 12.1 Å². The van der Waals surface area contributed by atoms with Crippen molar-refractivity contribution >= 4 is 37.5 Å². The Bertz CT molecular complexity index is 961. The number of nitrogen functional groups attached to an aromatic ring is 1. The Kier molecular flexibility index (Phi) is 2.55. The van der Waals surface area contributed by atoms with E-state index in [9.17, 15) is 5.11 Å². The predicted octanol–water partition coefficient (Wildman–Crippen LogP) is 3.80. The van der Waals surface area contributed by atoms with Crippen molar-refractivity contribution in [3.63, 3.8) is 0 Å². The summed E-state index contributed by atoms with van der Waals surface area (Å²) in [5.41, 5.74) is 8.98. The number of benzene rings is 2. The number of rotatable bonds is 1. The van der Waals surface area contributed by atoms with Crippen LogP contribution in [0.25, 0.3) is 31.4 Å². The van der Waals surface area contributed by atoms with Crippen LogP contribution < -0.4 is 5.73 Å². The second kappa shape index (κ2) is 4.43. The molecule has 4 nitrogen and oxygen atoms in total. The predicted molar refractivity (Wildman–Crippen MR) is 86.4 cm³/mol. The van der Waals surface area contributed by atoms with Gasteiger partial charge in [0.15, 0.2) is 0 Å². The molecule has 2 aromatic heterocycles. The van der Waals surface area contributed by atoms with Crippen LogP contribution in [0, 0.1) is 0 Å². The molecule has 3 N–H and O–H groups in total. The highest BCUT2D eigenvalue weighted by Gasteiger charge is 2.10. The summed E-state index contributed by atoms with van der Waals surface area (Å²) in [4.78, 5) is 8.37. The molecule has 102 valence electrons. The number of hydrogen-bond donors (Lipinski definition) is 2. The minimum atomic E-state index is 0.268. The number of aromatic hydroxyl groups is 1. The van der Waals surface area contributed by atoms with Gasteiger partial charge in [-0.3, -0.25) is 0 Å². The smallest absolute Gasteiger partial charge is 0.144 e. The average molecular weight is 293 g/mol. The number of hydrogen-bond acceptors (Lipinski definition) is 5. The fourth-order valence-corrected chi connectivity index (χ4v) is 3.52. The molecular weight excluding hydrogens is 282 g/mol. The zero-order chi connectivity index (χ0) is 14.4. The summed E-state index contributed by atoms with van der Waals surface area (Å²) in [6, 6.07) is 13.4. The summed E-state index contributed by atoms with van der Waals surface area (Å²) in [6.45, 7) is 0. The SMILES string of the molecule is Nc1ncnc2c1sc1cc(-c3ccc(O)cc3)ccc12. The van der Waals surface area contributed by atoms with Crippen LogP contribution in [0.5, 0.6) is 5.75 Å². The molecule has 0 aliphatic carbocycles. The van der Waals surface area contributed by atoms with Crippen LogP contribution in [0.4, 0.5) is 5.82 Å². The third-order valence-electron chi connectivity index (χ3n) is 3.48. The van der Waals surface area contributed by atoms with Gasteiger partial charge in [0.05, 0.1) is 10.2 Å². The minimum absolute atomic E-state index is 0.268. The van der Waals surface area contributed by atoms with Crippen LogP contribution in [0.15, 0.2) is 48.8 Å². The van der Waals surface area contributed by atoms with Crippen molar-refractivity contribution in [1.82, 2.24) is 9.97 Å². The van der Waals surface area contributed by atoms with Gasteiger partial charge in [-0.1, -0.05) is 24.3 Å². The van der Waals surface area contributed by atoms with E-state index in [0.29, 0.717) is 5.82 Å². The van der Waals surface area contributed by atoms with Gasteiger partial charge < -0.3 is 10.8 Å². The molecule has 0 unspecified atom stereocenters. The number of fused-ring (bicyclic) bond motifs is 3. The number of phenols is 1. The Morgan fingerprint density at radius 3 is 2.52 bits per heavy atom. The molecule has 4 aromatic rings. The monoisotopic (exact) mass is 293 g/mol. The third kappa shape index (κ3) is 1.90. The summed E-state index contributed by atoms with van der Waals surface area (Å²) >= 11 is 1.60. The van der Waals surface area contributed by atoms with Crippen LogP contribution in [-0.4, -0.2) is 15.1 Å². The van der Waals surface area contributed by atoms with Gasteiger partial charge in [0.1, 0.15) is 17.9 Å². The molecule has 0 radical (unpaired) electrons. The highest BCUT2D eigenvalue weighted by atomic mass is 32.1. The second-order valence-corrected chi connectivity index (χ2v) is 5.85. The van der Waals surface area contributed by atoms with Gasteiger partial charge in [-0.2, -0.15) is 0 Å². The maximum Gasteiger partial charge on any atom is 0.144 e. The highest BCUT2D eigenvalue weighted by Crippen LogP contribution is 2.37. The van der Waals surface area contributed by atoms with E-state index in [2.05, 4.69) is 28.2 Å². The standard InChI is InChI=1S/C16H11N3OS/c17-16-15-14(18-8-19-16)12-6-3-10(7-13(12)21-15)9-1-4-11(20)5-2-9/h1-8,20H,(H2,17,18,19). The van der Waals surface area contributed by atoms with Gasteiger partial charge in [-0.05, 0) is 29.3 Å². The second-order valence-electron chi connectivity index (χ2n) is 4.80. The lowest BCUT2D eigenvalue weighted by atomic mass is 10.0. The van der Waals surface area contributed by atoms with Gasteiger partial charge in [0.25, 0.3) is 0 Å². The Balaban J connectivity index is 1.96. The minimum Gasteiger partial charge on any atom is -0.508 e. The zero-order valence-electron chi connectivity index (χ0n) is 10.9. The lowest BCUT2D eigenvalue weighted by Crippen LogP contribution is -1.89. The quantitative estimate of drug-likeness (QED) is 0.560. The van der Waals surface area contributed by atoms with Crippen LogP contribution in [-0.2, 0) is 0 Å². The number of nitrogens with zero attached hydrogens (tertiary/aromatic N) is 2. The molecular formula is C16H11N3OS. The van der Waals surface area contributed by atoms with Crippen molar-refractivity contribution in [2.24, 2.45) is 0 Å². The molecule has 0 bridgehead atoms. The largest absolute Gasteiger partial charge is 0.508 e. The molecule has 5 heteroatoms. The normalized spacial score (nSPS) is 11.2. The summed E-state index contributed by atoms with van der Waals surface area (Å²) in [5, 5.41) is 10.5. The van der Waals surface area contributed by atoms with Crippen LogP contribution >= 0.6 is 11.3 Å². The molecule has 0 amide bonds. The number of anilines is 1. The number of phenolic OH excluding ortho intramolecular Hbond substituents is 1. The van der Waals surface area contributed by atoms with E-state index < -0.39 is 0 Å². The maximum atomic E-state index is 9.37. The molecule has 0 atom stereocenters. The zero-order valence-corrected chi connectivity index (χ0v) is 11.8. The molecule has 0 spiro atoms. The van der Waals surface area contributed by atoms with Crippen LogP contribution in [0.3, 0.4) is 0 Å². The van der Waals surface area contributed by atoms with Crippen molar-refractivity contribution in [3.05, 3.63) is 48.8 Å². The van der Waals surface area contributed by atoms with Crippen molar-refractivity contribution in [2.75, 3.05) is 5.73 Å². The summed E-state index contributed by atoms with van der Waals surface area (Å²) in [6.07, 6.45) is 1.50. The number of nitrogens with two attached hydrogens (primary N) is 1. The van der Waals surface area contributed by atoms with Gasteiger partial charge in [-0.25, -0.2) is 9.97 Å². The van der Waals surface area contributed by atoms with Crippen LogP contribution in [0.1, 0.15) is 0 Å². The number of aromatic nitrogens is 2. The molecule has 0 saturated carbocycles. The summed E-state index contributed by atoms with van der Waals surface area (Å²) in [5.74, 6) is 0.789. The molecule has 0 aliphatic rings. The first-order valence-corrected chi connectivity index (χ1v) is 7.26. The summed E-state index contributed by atoms with van der Waals surface area (Å²) < 4.78 is 2.05. The highest BCUT2D eigenvalue weighted by molar-refractivity contribution is 7.26. The van der Waals surface area contributed by atoms with E-state index in [4.69, 9.17) is 5.73 Å². The van der Waals surface area contributed by atoms with E-state index in [1.165, 1.54) is 6.33 Å². The first-order valence-electron chi connectivity index (χ1n) is 6.44. The molecule has 4 rings (SSSR count). The van der Waals surface area contributed by atoms with E-state index in [-0.39, 0.29) is 5.75 Å². The molecule has 2 aromatic carbocycles. The van der Waals surface area contributed by atoms with Crippen molar-refractivity contribution in [1.29, 1.82) is 0 Å². The van der Waals surface area contributed by atoms with Gasteiger partial charge in [0.2, 0.25) is 0 Å². The first kappa shape index (κ1) is 12.1.